The zero-order valence-electron chi connectivity index (χ0n) is 12.5. The highest BCUT2D eigenvalue weighted by molar-refractivity contribution is 6.35. The maximum atomic E-state index is 6.39. The Morgan fingerprint density at radius 3 is 1.54 bits per heavy atom. The van der Waals surface area contributed by atoms with Gasteiger partial charge in [0.15, 0.2) is 11.5 Å². The molecule has 0 radical (unpaired) electrons. The van der Waals surface area contributed by atoms with Crippen LogP contribution < -0.4 is 20.9 Å². The van der Waals surface area contributed by atoms with E-state index in [4.69, 9.17) is 44.1 Å². The molecule has 0 bridgehead atoms. The van der Waals surface area contributed by atoms with E-state index in [-0.39, 0.29) is 0 Å². The molecule has 0 aliphatic rings. The minimum Gasteiger partial charge on any atom is -0.456 e. The largest absolute Gasteiger partial charge is 0.456 e. The molecule has 0 atom stereocenters. The van der Waals surface area contributed by atoms with Crippen LogP contribution in [0.4, 0.5) is 11.4 Å². The number of nitrogens with two attached hydrogens (primary N) is 2. The molecule has 0 heterocycles. The zero-order chi connectivity index (χ0) is 17.1. The first kappa shape index (κ1) is 16.3. The third kappa shape index (κ3) is 3.85. The Morgan fingerprint density at radius 1 is 0.667 bits per heavy atom. The number of benzene rings is 3. The highest BCUT2D eigenvalue weighted by Gasteiger charge is 2.13. The van der Waals surface area contributed by atoms with Crippen molar-refractivity contribution in [2.24, 2.45) is 0 Å². The van der Waals surface area contributed by atoms with E-state index in [1.807, 2.05) is 0 Å². The fraction of sp³-hybridized carbons (Fsp3) is 0. The molecular formula is C18H14Cl2N2O2. The van der Waals surface area contributed by atoms with Crippen LogP contribution in [0, 0.1) is 0 Å². The third-order valence-corrected chi connectivity index (χ3v) is 3.73. The van der Waals surface area contributed by atoms with Gasteiger partial charge in [0.2, 0.25) is 0 Å². The van der Waals surface area contributed by atoms with Gasteiger partial charge in [-0.1, -0.05) is 35.3 Å². The van der Waals surface area contributed by atoms with Gasteiger partial charge in [-0.2, -0.15) is 0 Å². The van der Waals surface area contributed by atoms with E-state index in [9.17, 15) is 0 Å². The average molecular weight is 361 g/mol. The Morgan fingerprint density at radius 2 is 1.12 bits per heavy atom. The van der Waals surface area contributed by atoms with Gasteiger partial charge in [-0.05, 0) is 24.3 Å². The first-order valence-electron chi connectivity index (χ1n) is 7.07. The Labute approximate surface area is 149 Å². The van der Waals surface area contributed by atoms with E-state index < -0.39 is 0 Å². The van der Waals surface area contributed by atoms with Crippen LogP contribution >= 0.6 is 23.2 Å². The Balaban J connectivity index is 1.92. The molecule has 0 fully saturated rings. The van der Waals surface area contributed by atoms with E-state index in [2.05, 4.69) is 0 Å². The van der Waals surface area contributed by atoms with Crippen molar-refractivity contribution < 1.29 is 9.47 Å². The maximum absolute atomic E-state index is 6.39. The van der Waals surface area contributed by atoms with E-state index in [0.29, 0.717) is 44.4 Å². The Bertz CT molecular complexity index is 816. The van der Waals surface area contributed by atoms with Crippen LogP contribution in [0.2, 0.25) is 10.0 Å². The molecular weight excluding hydrogens is 347 g/mol. The van der Waals surface area contributed by atoms with Gasteiger partial charge in [0.25, 0.3) is 0 Å². The van der Waals surface area contributed by atoms with Crippen LogP contribution in [0.3, 0.4) is 0 Å². The average Bonchev–Trinajstić information content (AvgIpc) is 2.52. The van der Waals surface area contributed by atoms with Crippen molar-refractivity contribution in [3.63, 3.8) is 0 Å². The lowest BCUT2D eigenvalue weighted by molar-refractivity contribution is 0.461. The van der Waals surface area contributed by atoms with Gasteiger partial charge in [-0.25, -0.2) is 0 Å². The second kappa shape index (κ2) is 6.91. The summed E-state index contributed by atoms with van der Waals surface area (Å²) in [5, 5.41) is 0.724. The first-order valence-corrected chi connectivity index (χ1v) is 7.83. The Kier molecular flexibility index (Phi) is 4.69. The minimum absolute atomic E-state index is 0.296. The van der Waals surface area contributed by atoms with Gasteiger partial charge in [-0.15, -0.1) is 0 Å². The van der Waals surface area contributed by atoms with Gasteiger partial charge in [0.1, 0.15) is 16.5 Å². The number of rotatable bonds is 4. The number of nitrogen functional groups attached to an aromatic ring is 2. The van der Waals surface area contributed by atoms with E-state index in [1.165, 1.54) is 0 Å². The summed E-state index contributed by atoms with van der Waals surface area (Å²) in [4.78, 5) is 0. The fourth-order valence-corrected chi connectivity index (χ4v) is 2.48. The highest BCUT2D eigenvalue weighted by Crippen LogP contribution is 2.41. The molecule has 3 rings (SSSR count). The summed E-state index contributed by atoms with van der Waals surface area (Å²) in [5.41, 5.74) is 12.7. The minimum atomic E-state index is 0.296. The molecule has 0 saturated carbocycles. The lowest BCUT2D eigenvalue weighted by Crippen LogP contribution is -1.92. The van der Waals surface area contributed by atoms with Crippen molar-refractivity contribution in [1.29, 1.82) is 0 Å². The topological polar surface area (TPSA) is 70.5 Å². The number of hydrogen-bond acceptors (Lipinski definition) is 4. The third-order valence-electron chi connectivity index (χ3n) is 3.14. The molecule has 0 aromatic heterocycles. The maximum Gasteiger partial charge on any atom is 0.151 e. The van der Waals surface area contributed by atoms with Crippen molar-refractivity contribution in [2.45, 2.75) is 0 Å². The summed E-state index contributed by atoms with van der Waals surface area (Å²) < 4.78 is 11.5. The number of hydrogen-bond donors (Lipinski definition) is 2. The smallest absolute Gasteiger partial charge is 0.151 e. The molecule has 0 amide bonds. The molecule has 122 valence electrons. The Hall–Kier alpha value is -2.56. The second-order valence-corrected chi connectivity index (χ2v) is 5.88. The fourth-order valence-electron chi connectivity index (χ4n) is 2.10. The van der Waals surface area contributed by atoms with Crippen LogP contribution in [0.15, 0.2) is 60.7 Å². The molecule has 0 aliphatic heterocycles. The lowest BCUT2D eigenvalue weighted by Gasteiger charge is -2.13. The van der Waals surface area contributed by atoms with Gasteiger partial charge in [0, 0.05) is 40.7 Å². The van der Waals surface area contributed by atoms with Crippen molar-refractivity contribution in [1.82, 2.24) is 0 Å². The molecule has 0 saturated heterocycles. The second-order valence-electron chi connectivity index (χ2n) is 5.07. The quantitative estimate of drug-likeness (QED) is 0.581. The highest BCUT2D eigenvalue weighted by atomic mass is 35.5. The molecule has 6 heteroatoms. The summed E-state index contributed by atoms with van der Waals surface area (Å²) in [6, 6.07) is 17.2. The van der Waals surface area contributed by atoms with E-state index in [0.717, 1.165) is 0 Å². The monoisotopic (exact) mass is 360 g/mol. The van der Waals surface area contributed by atoms with Crippen molar-refractivity contribution >= 4 is 34.6 Å². The molecule has 24 heavy (non-hydrogen) atoms. The predicted molar refractivity (Wildman–Crippen MR) is 98.3 cm³/mol. The standard InChI is InChI=1S/C18H14Cl2N2O2/c19-11-7-16(23-14-5-1-3-12(21)9-14)18(20)17(8-11)24-15-6-2-4-13(22)10-15/h1-10H,21-22H2. The lowest BCUT2D eigenvalue weighted by atomic mass is 10.3. The molecule has 0 spiro atoms. The summed E-state index contributed by atoms with van der Waals surface area (Å²) in [5.74, 6) is 1.84. The van der Waals surface area contributed by atoms with Crippen molar-refractivity contribution in [2.75, 3.05) is 11.5 Å². The van der Waals surface area contributed by atoms with Crippen molar-refractivity contribution in [3.8, 4) is 23.0 Å². The molecule has 3 aromatic carbocycles. The van der Waals surface area contributed by atoms with Crippen LogP contribution in [-0.2, 0) is 0 Å². The van der Waals surface area contributed by atoms with Crippen molar-refractivity contribution in [3.05, 3.63) is 70.7 Å². The van der Waals surface area contributed by atoms with Crippen LogP contribution in [-0.4, -0.2) is 0 Å². The van der Waals surface area contributed by atoms with E-state index >= 15 is 0 Å². The van der Waals surface area contributed by atoms with Crippen LogP contribution in [0.1, 0.15) is 0 Å². The van der Waals surface area contributed by atoms with Gasteiger partial charge in [-0.3, -0.25) is 0 Å². The summed E-state index contributed by atoms with van der Waals surface area (Å²) in [6.07, 6.45) is 0. The van der Waals surface area contributed by atoms with E-state index in [1.54, 1.807) is 60.7 Å². The van der Waals surface area contributed by atoms with Crippen LogP contribution in [0.5, 0.6) is 23.0 Å². The van der Waals surface area contributed by atoms with Gasteiger partial charge >= 0.3 is 0 Å². The van der Waals surface area contributed by atoms with Crippen LogP contribution in [0.25, 0.3) is 0 Å². The number of halogens is 2. The molecule has 3 aromatic rings. The summed E-state index contributed by atoms with van der Waals surface area (Å²) in [7, 11) is 0. The van der Waals surface area contributed by atoms with Gasteiger partial charge in [0.05, 0.1) is 0 Å². The predicted octanol–water partition coefficient (Wildman–Crippen LogP) is 5.74. The molecule has 4 N–H and O–H groups in total. The SMILES string of the molecule is Nc1cccc(Oc2cc(Cl)cc(Oc3cccc(N)c3)c2Cl)c1. The normalized spacial score (nSPS) is 10.4. The molecule has 0 aliphatic carbocycles. The first-order chi connectivity index (χ1) is 11.5. The summed E-state index contributed by atoms with van der Waals surface area (Å²) in [6.45, 7) is 0. The van der Waals surface area contributed by atoms with Gasteiger partial charge < -0.3 is 20.9 Å². The molecule has 4 nitrogen and oxygen atoms in total. The molecule has 0 unspecified atom stereocenters. The summed E-state index contributed by atoms with van der Waals surface area (Å²) >= 11 is 12.5. The number of anilines is 2. The number of ether oxygens (including phenoxy) is 2. The zero-order valence-corrected chi connectivity index (χ0v) is 14.0.